The average molecular weight is 293 g/mol. The molecule has 0 aliphatic carbocycles. The van der Waals surface area contributed by atoms with E-state index in [-0.39, 0.29) is 24.8 Å². The lowest BCUT2D eigenvalue weighted by atomic mass is 10.1. The van der Waals surface area contributed by atoms with E-state index in [1.54, 1.807) is 0 Å². The van der Waals surface area contributed by atoms with Gasteiger partial charge in [-0.05, 0) is 0 Å². The van der Waals surface area contributed by atoms with Gasteiger partial charge < -0.3 is 15.0 Å². The number of ether oxygens (including phenoxy) is 1. The molecule has 2 aliphatic rings. The van der Waals surface area contributed by atoms with E-state index in [1.165, 1.54) is 11.3 Å². The first-order valence-corrected chi connectivity index (χ1v) is 5.82. The molecule has 0 saturated carbocycles. The van der Waals surface area contributed by atoms with Gasteiger partial charge in [-0.1, -0.05) is 0 Å². The summed E-state index contributed by atoms with van der Waals surface area (Å²) < 4.78 is 5.33. The van der Waals surface area contributed by atoms with E-state index >= 15 is 0 Å². The molecule has 0 radical (unpaired) electrons. The zero-order valence-corrected chi connectivity index (χ0v) is 11.7. The molecule has 1 fully saturated rings. The number of aromatic nitrogens is 2. The molecule has 3 heterocycles. The van der Waals surface area contributed by atoms with Crippen molar-refractivity contribution in [1.82, 2.24) is 15.3 Å². The number of fused-ring (bicyclic) bond motifs is 1. The number of nitrogens with zero attached hydrogens (tertiary/aromatic N) is 3. The summed E-state index contributed by atoms with van der Waals surface area (Å²) in [5.74, 6) is 0.865. The van der Waals surface area contributed by atoms with Gasteiger partial charge in [-0.15, -0.1) is 24.8 Å². The maximum absolute atomic E-state index is 5.33. The molecule has 0 atom stereocenters. The van der Waals surface area contributed by atoms with Crippen molar-refractivity contribution < 1.29 is 4.74 Å². The third-order valence-electron chi connectivity index (χ3n) is 3.09. The molecule has 0 amide bonds. The number of halogens is 2. The fourth-order valence-corrected chi connectivity index (χ4v) is 2.14. The van der Waals surface area contributed by atoms with Crippen molar-refractivity contribution in [1.29, 1.82) is 0 Å². The van der Waals surface area contributed by atoms with Gasteiger partial charge in [0.2, 0.25) is 5.95 Å². The Kier molecular flexibility index (Phi) is 6.08. The molecule has 0 spiro atoms. The molecule has 1 aromatic rings. The SMILES string of the molecule is Cl.Cl.c1nc(N2CCOCC2)nc2c1CNCC2. The van der Waals surface area contributed by atoms with Crippen molar-refractivity contribution in [2.24, 2.45) is 0 Å². The van der Waals surface area contributed by atoms with Crippen molar-refractivity contribution >= 4 is 30.8 Å². The van der Waals surface area contributed by atoms with Gasteiger partial charge in [0, 0.05) is 44.4 Å². The van der Waals surface area contributed by atoms with Gasteiger partial charge in [-0.25, -0.2) is 9.97 Å². The Bertz CT molecular complexity index is 385. The number of hydrogen-bond acceptors (Lipinski definition) is 5. The van der Waals surface area contributed by atoms with Crippen LogP contribution in [0.25, 0.3) is 0 Å². The van der Waals surface area contributed by atoms with Gasteiger partial charge >= 0.3 is 0 Å². The highest BCUT2D eigenvalue weighted by Gasteiger charge is 2.17. The summed E-state index contributed by atoms with van der Waals surface area (Å²) in [7, 11) is 0. The smallest absolute Gasteiger partial charge is 0.225 e. The Hall–Kier alpha value is -0.620. The zero-order valence-electron chi connectivity index (χ0n) is 10.1. The second kappa shape index (κ2) is 7.09. The second-order valence-electron chi connectivity index (χ2n) is 4.17. The van der Waals surface area contributed by atoms with E-state index in [0.717, 1.165) is 51.8 Å². The van der Waals surface area contributed by atoms with Crippen molar-refractivity contribution in [3.63, 3.8) is 0 Å². The van der Waals surface area contributed by atoms with Crippen molar-refractivity contribution in [2.75, 3.05) is 37.7 Å². The summed E-state index contributed by atoms with van der Waals surface area (Å²) >= 11 is 0. The predicted molar refractivity (Wildman–Crippen MR) is 75.0 cm³/mol. The first kappa shape index (κ1) is 15.4. The van der Waals surface area contributed by atoms with E-state index < -0.39 is 0 Å². The van der Waals surface area contributed by atoms with E-state index in [2.05, 4.69) is 20.2 Å². The van der Waals surface area contributed by atoms with E-state index in [1.807, 2.05) is 6.20 Å². The van der Waals surface area contributed by atoms with Gasteiger partial charge in [-0.3, -0.25) is 0 Å². The van der Waals surface area contributed by atoms with Gasteiger partial charge in [-0.2, -0.15) is 0 Å². The van der Waals surface area contributed by atoms with Crippen LogP contribution in [0.5, 0.6) is 0 Å². The third-order valence-corrected chi connectivity index (χ3v) is 3.09. The minimum atomic E-state index is 0. The van der Waals surface area contributed by atoms with Crippen LogP contribution in [-0.2, 0) is 17.7 Å². The van der Waals surface area contributed by atoms with Crippen LogP contribution in [0.4, 0.5) is 5.95 Å². The number of anilines is 1. The normalized spacial score (nSPS) is 18.3. The summed E-state index contributed by atoms with van der Waals surface area (Å²) in [5.41, 5.74) is 2.44. The van der Waals surface area contributed by atoms with E-state index in [9.17, 15) is 0 Å². The highest BCUT2D eigenvalue weighted by molar-refractivity contribution is 5.85. The molecule has 1 aromatic heterocycles. The number of rotatable bonds is 1. The third kappa shape index (κ3) is 3.23. The van der Waals surface area contributed by atoms with Gasteiger partial charge in [0.25, 0.3) is 0 Å². The largest absolute Gasteiger partial charge is 0.378 e. The lowest BCUT2D eigenvalue weighted by Crippen LogP contribution is -2.38. The Morgan fingerprint density at radius 2 is 2.00 bits per heavy atom. The van der Waals surface area contributed by atoms with Crippen LogP contribution in [0, 0.1) is 0 Å². The average Bonchev–Trinajstić information content (AvgIpc) is 2.39. The van der Waals surface area contributed by atoms with Crippen LogP contribution in [0.15, 0.2) is 6.20 Å². The van der Waals surface area contributed by atoms with Crippen LogP contribution in [0.3, 0.4) is 0 Å². The Labute approximate surface area is 119 Å². The molecule has 3 rings (SSSR count). The molecule has 0 bridgehead atoms. The molecular weight excluding hydrogens is 275 g/mol. The fraction of sp³-hybridized carbons (Fsp3) is 0.636. The summed E-state index contributed by atoms with van der Waals surface area (Å²) in [5, 5.41) is 3.33. The molecule has 7 heteroatoms. The van der Waals surface area contributed by atoms with Crippen LogP contribution >= 0.6 is 24.8 Å². The van der Waals surface area contributed by atoms with Crippen molar-refractivity contribution in [3.8, 4) is 0 Å². The summed E-state index contributed by atoms with van der Waals surface area (Å²) in [6, 6.07) is 0. The van der Waals surface area contributed by atoms with Crippen molar-refractivity contribution in [2.45, 2.75) is 13.0 Å². The molecular formula is C11H18Cl2N4O. The number of nitrogens with one attached hydrogen (secondary N) is 1. The summed E-state index contributed by atoms with van der Waals surface area (Å²) in [6.07, 6.45) is 2.97. The lowest BCUT2D eigenvalue weighted by molar-refractivity contribution is 0.122. The molecule has 1 N–H and O–H groups in total. The Balaban J connectivity index is 0.000000810. The van der Waals surface area contributed by atoms with Gasteiger partial charge in [0.05, 0.1) is 18.9 Å². The maximum Gasteiger partial charge on any atom is 0.225 e. The molecule has 0 unspecified atom stereocenters. The topological polar surface area (TPSA) is 50.3 Å². The highest BCUT2D eigenvalue weighted by atomic mass is 35.5. The quantitative estimate of drug-likeness (QED) is 0.830. The van der Waals surface area contributed by atoms with Gasteiger partial charge in [0.1, 0.15) is 0 Å². The minimum absolute atomic E-state index is 0. The van der Waals surface area contributed by atoms with E-state index in [4.69, 9.17) is 4.74 Å². The molecule has 5 nitrogen and oxygen atoms in total. The molecule has 102 valence electrons. The molecule has 1 saturated heterocycles. The summed E-state index contributed by atoms with van der Waals surface area (Å²) in [6.45, 7) is 5.28. The zero-order chi connectivity index (χ0) is 10.8. The van der Waals surface area contributed by atoms with Crippen LogP contribution in [-0.4, -0.2) is 42.8 Å². The monoisotopic (exact) mass is 292 g/mol. The van der Waals surface area contributed by atoms with Gasteiger partial charge in [0.15, 0.2) is 0 Å². The lowest BCUT2D eigenvalue weighted by Gasteiger charge is -2.27. The van der Waals surface area contributed by atoms with Crippen molar-refractivity contribution in [3.05, 3.63) is 17.5 Å². The minimum Gasteiger partial charge on any atom is -0.378 e. The first-order chi connectivity index (χ1) is 7.93. The van der Waals surface area contributed by atoms with Crippen LogP contribution in [0.1, 0.15) is 11.3 Å². The number of hydrogen-bond donors (Lipinski definition) is 1. The predicted octanol–water partition coefficient (Wildman–Crippen LogP) is 0.802. The van der Waals surface area contributed by atoms with E-state index in [0.29, 0.717) is 0 Å². The summed E-state index contributed by atoms with van der Waals surface area (Å²) in [4.78, 5) is 11.3. The fourth-order valence-electron chi connectivity index (χ4n) is 2.14. The Morgan fingerprint density at radius 1 is 1.22 bits per heavy atom. The second-order valence-corrected chi connectivity index (χ2v) is 4.17. The Morgan fingerprint density at radius 3 is 2.78 bits per heavy atom. The highest BCUT2D eigenvalue weighted by Crippen LogP contribution is 2.15. The van der Waals surface area contributed by atoms with Crippen LogP contribution < -0.4 is 10.2 Å². The molecule has 2 aliphatic heterocycles. The number of morpholine rings is 1. The molecule has 18 heavy (non-hydrogen) atoms. The van der Waals surface area contributed by atoms with Crippen LogP contribution in [0.2, 0.25) is 0 Å². The maximum atomic E-state index is 5.33. The molecule has 0 aromatic carbocycles. The first-order valence-electron chi connectivity index (χ1n) is 5.82. The standard InChI is InChI=1S/C11H16N4O.2ClH/c1-2-12-7-9-8-13-11(14-10(1)9)15-3-5-16-6-4-15;;/h8,12H,1-7H2;2*1H.